The smallest absolute Gasteiger partial charge is 0.118 e. The molecule has 2 nitrogen and oxygen atoms in total. The molecule has 2 heteroatoms. The third-order valence-corrected chi connectivity index (χ3v) is 3.35. The van der Waals surface area contributed by atoms with Gasteiger partial charge < -0.3 is 10.5 Å². The lowest BCUT2D eigenvalue weighted by Gasteiger charge is -2.11. The number of hydrogen-bond donors (Lipinski definition) is 1. The number of rotatable bonds is 4. The van der Waals surface area contributed by atoms with Gasteiger partial charge in [-0.05, 0) is 42.4 Å². The molecule has 1 aromatic carbocycles. The van der Waals surface area contributed by atoms with Crippen LogP contribution in [0.15, 0.2) is 24.3 Å². The normalized spacial score (nSPS) is 26.1. The maximum Gasteiger partial charge on any atom is 0.118 e. The van der Waals surface area contributed by atoms with Gasteiger partial charge in [-0.15, -0.1) is 0 Å². The second-order valence-corrected chi connectivity index (χ2v) is 4.59. The number of benzene rings is 1. The maximum absolute atomic E-state index is 6.14. The van der Waals surface area contributed by atoms with E-state index in [1.165, 1.54) is 12.0 Å². The minimum atomic E-state index is 0.327. The molecule has 1 aliphatic carbocycles. The number of methoxy groups -OCH3 is 1. The first kappa shape index (κ1) is 10.5. The third-order valence-electron chi connectivity index (χ3n) is 3.35. The summed E-state index contributed by atoms with van der Waals surface area (Å²) >= 11 is 0. The van der Waals surface area contributed by atoms with E-state index >= 15 is 0 Å². The molecule has 15 heavy (non-hydrogen) atoms. The summed E-state index contributed by atoms with van der Waals surface area (Å²) in [5, 5.41) is 0. The Morgan fingerprint density at radius 2 is 2.00 bits per heavy atom. The van der Waals surface area contributed by atoms with Gasteiger partial charge in [0.1, 0.15) is 5.75 Å². The minimum absolute atomic E-state index is 0.327. The van der Waals surface area contributed by atoms with E-state index in [4.69, 9.17) is 10.5 Å². The third kappa shape index (κ3) is 2.51. The molecule has 0 aromatic heterocycles. The van der Waals surface area contributed by atoms with Crippen molar-refractivity contribution in [3.63, 3.8) is 0 Å². The molecule has 1 aliphatic rings. The second-order valence-electron chi connectivity index (χ2n) is 4.59. The summed E-state index contributed by atoms with van der Waals surface area (Å²) in [6.45, 7) is 2.28. The molecule has 0 aliphatic heterocycles. The first-order valence-corrected chi connectivity index (χ1v) is 5.59. The van der Waals surface area contributed by atoms with Gasteiger partial charge in [0.15, 0.2) is 0 Å². The second kappa shape index (κ2) is 4.23. The molecule has 82 valence electrons. The molecule has 0 radical (unpaired) electrons. The van der Waals surface area contributed by atoms with Crippen LogP contribution in [0.1, 0.15) is 18.9 Å². The van der Waals surface area contributed by atoms with Gasteiger partial charge in [0.25, 0.3) is 0 Å². The van der Waals surface area contributed by atoms with Gasteiger partial charge >= 0.3 is 0 Å². The van der Waals surface area contributed by atoms with Gasteiger partial charge in [-0.2, -0.15) is 0 Å². The van der Waals surface area contributed by atoms with Crippen molar-refractivity contribution in [3.8, 4) is 5.75 Å². The summed E-state index contributed by atoms with van der Waals surface area (Å²) in [5.41, 5.74) is 7.45. The van der Waals surface area contributed by atoms with Crippen molar-refractivity contribution in [3.05, 3.63) is 29.8 Å². The Morgan fingerprint density at radius 3 is 2.47 bits per heavy atom. The largest absolute Gasteiger partial charge is 0.497 e. The van der Waals surface area contributed by atoms with Gasteiger partial charge in [-0.3, -0.25) is 0 Å². The van der Waals surface area contributed by atoms with Gasteiger partial charge in [0, 0.05) is 6.04 Å². The standard InChI is InChI=1S/C13H19NO/c1-9-7-12(9)13(14)8-10-3-5-11(15-2)6-4-10/h3-6,9,12-13H,7-8,14H2,1-2H3. The van der Waals surface area contributed by atoms with Crippen molar-refractivity contribution in [2.24, 2.45) is 17.6 Å². The van der Waals surface area contributed by atoms with E-state index in [9.17, 15) is 0 Å². The van der Waals surface area contributed by atoms with Crippen LogP contribution in [-0.2, 0) is 6.42 Å². The van der Waals surface area contributed by atoms with E-state index in [0.29, 0.717) is 6.04 Å². The number of hydrogen-bond acceptors (Lipinski definition) is 2. The van der Waals surface area contributed by atoms with Crippen LogP contribution < -0.4 is 10.5 Å². The molecule has 0 bridgehead atoms. The lowest BCUT2D eigenvalue weighted by molar-refractivity contribution is 0.414. The van der Waals surface area contributed by atoms with Crippen LogP contribution in [0.5, 0.6) is 5.75 Å². The van der Waals surface area contributed by atoms with Crippen molar-refractivity contribution in [2.75, 3.05) is 7.11 Å². The van der Waals surface area contributed by atoms with Gasteiger partial charge in [0.05, 0.1) is 7.11 Å². The van der Waals surface area contributed by atoms with Crippen LogP contribution in [0.4, 0.5) is 0 Å². The van der Waals surface area contributed by atoms with Gasteiger partial charge in [-0.25, -0.2) is 0 Å². The number of nitrogens with two attached hydrogens (primary N) is 1. The molecule has 2 rings (SSSR count). The Bertz CT molecular complexity index is 320. The lowest BCUT2D eigenvalue weighted by atomic mass is 10.0. The number of ether oxygens (including phenoxy) is 1. The maximum atomic E-state index is 6.14. The van der Waals surface area contributed by atoms with Crippen LogP contribution >= 0.6 is 0 Å². The van der Waals surface area contributed by atoms with Crippen molar-refractivity contribution in [1.29, 1.82) is 0 Å². The first-order valence-electron chi connectivity index (χ1n) is 5.59. The summed E-state index contributed by atoms with van der Waals surface area (Å²) in [6.07, 6.45) is 2.29. The predicted molar refractivity (Wildman–Crippen MR) is 61.9 cm³/mol. The van der Waals surface area contributed by atoms with Crippen molar-refractivity contribution in [2.45, 2.75) is 25.8 Å². The molecule has 1 fully saturated rings. The van der Waals surface area contributed by atoms with E-state index < -0.39 is 0 Å². The average molecular weight is 205 g/mol. The Kier molecular flexibility index (Phi) is 2.96. The van der Waals surface area contributed by atoms with Crippen LogP contribution in [0.25, 0.3) is 0 Å². The summed E-state index contributed by atoms with van der Waals surface area (Å²) in [6, 6.07) is 8.53. The monoisotopic (exact) mass is 205 g/mol. The molecule has 0 saturated heterocycles. The highest BCUT2D eigenvalue weighted by Gasteiger charge is 2.37. The molecule has 3 unspecified atom stereocenters. The van der Waals surface area contributed by atoms with Gasteiger partial charge in [-0.1, -0.05) is 19.1 Å². The van der Waals surface area contributed by atoms with E-state index in [2.05, 4.69) is 19.1 Å². The Labute approximate surface area is 91.4 Å². The summed E-state index contributed by atoms with van der Waals surface area (Å²) in [5.74, 6) is 2.48. The SMILES string of the molecule is COc1ccc(CC(N)C2CC2C)cc1. The molecule has 0 heterocycles. The highest BCUT2D eigenvalue weighted by atomic mass is 16.5. The van der Waals surface area contributed by atoms with E-state index in [-0.39, 0.29) is 0 Å². The summed E-state index contributed by atoms with van der Waals surface area (Å²) in [4.78, 5) is 0. The fourth-order valence-electron chi connectivity index (χ4n) is 2.13. The molecule has 0 spiro atoms. The highest BCUT2D eigenvalue weighted by molar-refractivity contribution is 5.27. The topological polar surface area (TPSA) is 35.2 Å². The first-order chi connectivity index (χ1) is 7.20. The molecule has 1 aromatic rings. The van der Waals surface area contributed by atoms with E-state index in [0.717, 1.165) is 24.0 Å². The van der Waals surface area contributed by atoms with Crippen molar-refractivity contribution in [1.82, 2.24) is 0 Å². The minimum Gasteiger partial charge on any atom is -0.497 e. The quantitative estimate of drug-likeness (QED) is 0.818. The molecule has 0 amide bonds. The van der Waals surface area contributed by atoms with Gasteiger partial charge in [0.2, 0.25) is 0 Å². The fourth-order valence-corrected chi connectivity index (χ4v) is 2.13. The predicted octanol–water partition coefficient (Wildman–Crippen LogP) is 2.22. The van der Waals surface area contributed by atoms with Crippen molar-refractivity contribution < 1.29 is 4.74 Å². The highest BCUT2D eigenvalue weighted by Crippen LogP contribution is 2.40. The van der Waals surface area contributed by atoms with Crippen LogP contribution in [0.3, 0.4) is 0 Å². The zero-order chi connectivity index (χ0) is 10.8. The molecule has 1 saturated carbocycles. The fraction of sp³-hybridized carbons (Fsp3) is 0.538. The zero-order valence-corrected chi connectivity index (χ0v) is 9.44. The van der Waals surface area contributed by atoms with E-state index in [1.54, 1.807) is 7.11 Å². The van der Waals surface area contributed by atoms with E-state index in [1.807, 2.05) is 12.1 Å². The molecular formula is C13H19NO. The Morgan fingerprint density at radius 1 is 1.40 bits per heavy atom. The lowest BCUT2D eigenvalue weighted by Crippen LogP contribution is -2.25. The molecule has 2 N–H and O–H groups in total. The van der Waals surface area contributed by atoms with Crippen LogP contribution in [0, 0.1) is 11.8 Å². The molecular weight excluding hydrogens is 186 g/mol. The summed E-state index contributed by atoms with van der Waals surface area (Å²) < 4.78 is 5.12. The van der Waals surface area contributed by atoms with Crippen LogP contribution in [-0.4, -0.2) is 13.2 Å². The zero-order valence-electron chi connectivity index (χ0n) is 9.44. The Balaban J connectivity index is 1.92. The Hall–Kier alpha value is -1.02. The molecule has 3 atom stereocenters. The average Bonchev–Trinajstić information content (AvgIpc) is 2.97. The summed E-state index contributed by atoms with van der Waals surface area (Å²) in [7, 11) is 1.69. The van der Waals surface area contributed by atoms with Crippen LogP contribution in [0.2, 0.25) is 0 Å². The van der Waals surface area contributed by atoms with Crippen molar-refractivity contribution >= 4 is 0 Å².